The summed E-state index contributed by atoms with van der Waals surface area (Å²) in [6.45, 7) is -0.261. The summed E-state index contributed by atoms with van der Waals surface area (Å²) in [5.74, 6) is -1.86. The number of sulfonamides is 1. The predicted molar refractivity (Wildman–Crippen MR) is 86.9 cm³/mol. The molecule has 0 aliphatic heterocycles. The number of aromatic carboxylic acids is 1. The van der Waals surface area contributed by atoms with E-state index < -0.39 is 27.6 Å². The van der Waals surface area contributed by atoms with Crippen LogP contribution in [0.1, 0.15) is 10.5 Å². The number of hydrogen-bond acceptors (Lipinski definition) is 9. The maximum atomic E-state index is 12.2. The third kappa shape index (κ3) is 4.59. The fourth-order valence-electron chi connectivity index (χ4n) is 1.25. The highest BCUT2D eigenvalue weighted by Gasteiger charge is 2.23. The van der Waals surface area contributed by atoms with Crippen molar-refractivity contribution in [2.45, 2.75) is 4.21 Å². The number of nitrogens with zero attached hydrogens (tertiary/aromatic N) is 2. The average Bonchev–Trinajstić information content (AvgIpc) is 3.07. The molecule has 5 N–H and O–H groups in total. The first kappa shape index (κ1) is 19.2. The molecule has 14 heteroatoms. The number of rotatable bonds is 6. The van der Waals surface area contributed by atoms with Crippen LogP contribution in [0.2, 0.25) is 0 Å². The third-order valence-electron chi connectivity index (χ3n) is 2.18. The monoisotopic (exact) mass is 399 g/mol. The van der Waals surface area contributed by atoms with Crippen molar-refractivity contribution in [3.05, 3.63) is 17.4 Å². The molecule has 2 aromatic heterocycles. The molecule has 0 saturated heterocycles. The quantitative estimate of drug-likeness (QED) is 0.542. The van der Waals surface area contributed by atoms with Crippen LogP contribution in [0.25, 0.3) is 0 Å². The number of thiazole rings is 2. The van der Waals surface area contributed by atoms with E-state index in [0.29, 0.717) is 11.3 Å². The maximum Gasteiger partial charge on any atom is 0.357 e. The molecule has 0 radical (unpaired) electrons. The molecule has 10 nitrogen and oxygen atoms in total. The zero-order valence-electron chi connectivity index (χ0n) is 11.0. The number of aromatic nitrogens is 2. The molecule has 126 valence electrons. The summed E-state index contributed by atoms with van der Waals surface area (Å²) in [4.78, 5) is 29.3. The first-order valence-electron chi connectivity index (χ1n) is 5.49. The van der Waals surface area contributed by atoms with E-state index in [4.69, 9.17) is 10.8 Å². The Kier molecular flexibility index (Phi) is 6.40. The van der Waals surface area contributed by atoms with Crippen LogP contribution in [-0.4, -0.2) is 41.9 Å². The molecule has 0 saturated carbocycles. The first-order chi connectivity index (χ1) is 10.3. The summed E-state index contributed by atoms with van der Waals surface area (Å²) in [6.07, 6.45) is 1.04. The standard InChI is InChI=1S/C9H9N5O5S3.ClH/c10-1-4(15)13-9-11-2-5(21-9)22(18,19)14-7-6(8(16)17)12-3-20-7;/h2-3,14H,1,10H2,(H,16,17)(H,11,13,15);1H. The van der Waals surface area contributed by atoms with Crippen LogP contribution in [0, 0.1) is 0 Å². The van der Waals surface area contributed by atoms with Crippen LogP contribution in [0.15, 0.2) is 15.9 Å². The Balaban J connectivity index is 0.00000264. The highest BCUT2D eigenvalue weighted by molar-refractivity contribution is 7.95. The fraction of sp³-hybridized carbons (Fsp3) is 0.111. The largest absolute Gasteiger partial charge is 0.476 e. The molecule has 0 atom stereocenters. The van der Waals surface area contributed by atoms with Crippen LogP contribution in [0.5, 0.6) is 0 Å². The Morgan fingerprint density at radius 3 is 2.65 bits per heavy atom. The van der Waals surface area contributed by atoms with E-state index in [1.54, 1.807) is 0 Å². The molecule has 0 aromatic carbocycles. The lowest BCUT2D eigenvalue weighted by Crippen LogP contribution is -2.21. The molecule has 0 unspecified atom stereocenters. The summed E-state index contributed by atoms with van der Waals surface area (Å²) < 4.78 is 26.2. The van der Waals surface area contributed by atoms with Crippen molar-refractivity contribution in [2.75, 3.05) is 16.6 Å². The number of hydrogen-bond donors (Lipinski definition) is 4. The Bertz CT molecular complexity index is 817. The molecular formula is C9H10ClN5O5S3. The number of anilines is 2. The van der Waals surface area contributed by atoms with Crippen molar-refractivity contribution in [3.8, 4) is 0 Å². The second kappa shape index (κ2) is 7.65. The molecular weight excluding hydrogens is 390 g/mol. The summed E-state index contributed by atoms with van der Waals surface area (Å²) in [7, 11) is -4.03. The number of carboxylic acids is 1. The molecule has 2 rings (SSSR count). The van der Waals surface area contributed by atoms with Gasteiger partial charge in [0.05, 0.1) is 18.3 Å². The second-order valence-electron chi connectivity index (χ2n) is 3.68. The highest BCUT2D eigenvalue weighted by Crippen LogP contribution is 2.28. The van der Waals surface area contributed by atoms with Gasteiger partial charge < -0.3 is 16.2 Å². The molecule has 0 aliphatic carbocycles. The third-order valence-corrected chi connectivity index (χ3v) is 5.77. The van der Waals surface area contributed by atoms with Gasteiger partial charge in [0.25, 0.3) is 10.0 Å². The van der Waals surface area contributed by atoms with E-state index in [-0.39, 0.29) is 33.3 Å². The van der Waals surface area contributed by atoms with Gasteiger partial charge in [-0.05, 0) is 0 Å². The average molecular weight is 400 g/mol. The number of nitrogens with one attached hydrogen (secondary N) is 2. The topological polar surface area (TPSA) is 164 Å². The zero-order chi connectivity index (χ0) is 16.3. The molecule has 0 spiro atoms. The number of carboxylic acid groups (broad SMARTS) is 1. The highest BCUT2D eigenvalue weighted by atomic mass is 35.5. The van der Waals surface area contributed by atoms with Gasteiger partial charge >= 0.3 is 5.97 Å². The van der Waals surface area contributed by atoms with Gasteiger partial charge in [-0.3, -0.25) is 9.52 Å². The van der Waals surface area contributed by atoms with Gasteiger partial charge in [0, 0.05) is 0 Å². The molecule has 0 fully saturated rings. The van der Waals surface area contributed by atoms with Crippen LogP contribution in [-0.2, 0) is 14.8 Å². The van der Waals surface area contributed by atoms with Crippen LogP contribution in [0.4, 0.5) is 10.1 Å². The maximum absolute atomic E-state index is 12.2. The lowest BCUT2D eigenvalue weighted by atomic mass is 10.5. The minimum Gasteiger partial charge on any atom is -0.476 e. The Morgan fingerprint density at radius 2 is 2.04 bits per heavy atom. The van der Waals surface area contributed by atoms with E-state index in [1.807, 2.05) is 0 Å². The number of amides is 1. The molecule has 2 heterocycles. The van der Waals surface area contributed by atoms with Gasteiger partial charge in [-0.2, -0.15) is 0 Å². The SMILES string of the molecule is Cl.NCC(=O)Nc1ncc(S(=O)(=O)Nc2scnc2C(=O)O)s1. The van der Waals surface area contributed by atoms with Crippen LogP contribution in [0.3, 0.4) is 0 Å². The summed E-state index contributed by atoms with van der Waals surface area (Å²) in [5.41, 5.74) is 5.94. The van der Waals surface area contributed by atoms with E-state index in [0.717, 1.165) is 17.5 Å². The van der Waals surface area contributed by atoms with Crippen molar-refractivity contribution in [3.63, 3.8) is 0 Å². The van der Waals surface area contributed by atoms with Gasteiger partial charge in [-0.15, -0.1) is 23.7 Å². The number of nitrogens with two attached hydrogens (primary N) is 1. The summed E-state index contributed by atoms with van der Waals surface area (Å²) in [6, 6.07) is 0. The smallest absolute Gasteiger partial charge is 0.357 e. The van der Waals surface area contributed by atoms with Gasteiger partial charge in [-0.25, -0.2) is 23.2 Å². The van der Waals surface area contributed by atoms with Gasteiger partial charge in [0.1, 0.15) is 5.00 Å². The molecule has 0 bridgehead atoms. The van der Waals surface area contributed by atoms with Crippen LogP contribution >= 0.6 is 35.1 Å². The molecule has 23 heavy (non-hydrogen) atoms. The summed E-state index contributed by atoms with van der Waals surface area (Å²) >= 11 is 1.54. The predicted octanol–water partition coefficient (Wildman–Crippen LogP) is 0.418. The lowest BCUT2D eigenvalue weighted by Gasteiger charge is -2.03. The van der Waals surface area contributed by atoms with Crippen molar-refractivity contribution in [2.24, 2.45) is 5.73 Å². The number of carbonyl (C=O) groups is 2. The van der Waals surface area contributed by atoms with Crippen LogP contribution < -0.4 is 15.8 Å². The van der Waals surface area contributed by atoms with Crippen molar-refractivity contribution in [1.82, 2.24) is 9.97 Å². The summed E-state index contributed by atoms with van der Waals surface area (Å²) in [5, 5.41) is 11.2. The minimum absolute atomic E-state index is 0. The number of halogens is 1. The zero-order valence-corrected chi connectivity index (χ0v) is 14.3. The number of carbonyl (C=O) groups excluding carboxylic acids is 1. The van der Waals surface area contributed by atoms with E-state index in [9.17, 15) is 18.0 Å². The van der Waals surface area contributed by atoms with E-state index in [2.05, 4.69) is 20.0 Å². The lowest BCUT2D eigenvalue weighted by molar-refractivity contribution is -0.114. The first-order valence-corrected chi connectivity index (χ1v) is 8.66. The second-order valence-corrected chi connectivity index (χ2v) is 7.47. The Morgan fingerprint density at radius 1 is 1.35 bits per heavy atom. The van der Waals surface area contributed by atoms with Crippen molar-refractivity contribution in [1.29, 1.82) is 0 Å². The van der Waals surface area contributed by atoms with Gasteiger partial charge in [0.15, 0.2) is 15.0 Å². The van der Waals surface area contributed by atoms with Crippen molar-refractivity contribution < 1.29 is 23.1 Å². The van der Waals surface area contributed by atoms with E-state index >= 15 is 0 Å². The normalized spacial score (nSPS) is 10.7. The van der Waals surface area contributed by atoms with E-state index in [1.165, 1.54) is 5.51 Å². The minimum atomic E-state index is -4.03. The van der Waals surface area contributed by atoms with Crippen molar-refractivity contribution >= 4 is 67.1 Å². The molecule has 2 aromatic rings. The Labute approximate surface area is 144 Å². The fourth-order valence-corrected chi connectivity index (χ4v) is 4.29. The Hall–Kier alpha value is -1.80. The van der Waals surface area contributed by atoms with Gasteiger partial charge in [0.2, 0.25) is 5.91 Å². The van der Waals surface area contributed by atoms with Gasteiger partial charge in [-0.1, -0.05) is 11.3 Å². The molecule has 1 amide bonds. The molecule has 0 aliphatic rings.